The van der Waals surface area contributed by atoms with Crippen LogP contribution in [-0.2, 0) is 11.2 Å². The van der Waals surface area contributed by atoms with Crippen molar-refractivity contribution in [2.45, 2.75) is 19.3 Å². The second kappa shape index (κ2) is 6.95. The Morgan fingerprint density at radius 3 is 2.53 bits per heavy atom. The highest BCUT2D eigenvalue weighted by Gasteiger charge is 2.36. The van der Waals surface area contributed by atoms with Crippen LogP contribution in [0.4, 0.5) is 5.69 Å². The van der Waals surface area contributed by atoms with Gasteiger partial charge in [0.15, 0.2) is 0 Å². The third-order valence-electron chi connectivity index (χ3n) is 5.79. The van der Waals surface area contributed by atoms with E-state index in [4.69, 9.17) is 4.98 Å². The molecule has 1 amide bonds. The van der Waals surface area contributed by atoms with Crippen molar-refractivity contribution in [3.05, 3.63) is 95.3 Å². The van der Waals surface area contributed by atoms with Crippen LogP contribution in [-0.4, -0.2) is 28.4 Å². The number of imidazole rings is 1. The normalized spacial score (nSPS) is 15.6. The Bertz CT molecular complexity index is 1290. The van der Waals surface area contributed by atoms with Gasteiger partial charge >= 0.3 is 0 Å². The zero-order valence-corrected chi connectivity index (χ0v) is 16.9. The molecule has 3 aromatic carbocycles. The van der Waals surface area contributed by atoms with Crippen LogP contribution in [0.15, 0.2) is 72.8 Å². The SMILES string of the molecule is Cc1ccc2c(c1)C(Cc1nc3ccccc3n1C(=O)c1ccccc1)C(=O)N2C. The van der Waals surface area contributed by atoms with E-state index < -0.39 is 0 Å². The lowest BCUT2D eigenvalue weighted by molar-refractivity contribution is -0.119. The summed E-state index contributed by atoms with van der Waals surface area (Å²) in [6.45, 7) is 2.02. The van der Waals surface area contributed by atoms with Gasteiger partial charge in [0.1, 0.15) is 5.82 Å². The van der Waals surface area contributed by atoms with E-state index in [1.807, 2.05) is 61.5 Å². The number of carbonyl (C=O) groups excluding carboxylic acids is 2. The summed E-state index contributed by atoms with van der Waals surface area (Å²) in [5.74, 6) is 0.138. The van der Waals surface area contributed by atoms with Gasteiger partial charge in [0.2, 0.25) is 5.91 Å². The van der Waals surface area contributed by atoms with E-state index in [1.165, 1.54) is 0 Å². The zero-order valence-electron chi connectivity index (χ0n) is 16.9. The van der Waals surface area contributed by atoms with E-state index in [-0.39, 0.29) is 17.7 Å². The first kappa shape index (κ1) is 18.3. The number of para-hydroxylation sites is 2. The van der Waals surface area contributed by atoms with Gasteiger partial charge in [-0.1, -0.05) is 48.0 Å². The molecule has 1 unspecified atom stereocenters. The van der Waals surface area contributed by atoms with Crippen molar-refractivity contribution in [3.8, 4) is 0 Å². The maximum Gasteiger partial charge on any atom is 0.263 e. The van der Waals surface area contributed by atoms with Crippen LogP contribution in [0.1, 0.15) is 33.2 Å². The van der Waals surface area contributed by atoms with Gasteiger partial charge in [-0.05, 0) is 42.8 Å². The number of hydrogen-bond acceptors (Lipinski definition) is 3. The van der Waals surface area contributed by atoms with Crippen LogP contribution in [0, 0.1) is 6.92 Å². The number of aryl methyl sites for hydroxylation is 1. The maximum atomic E-state index is 13.4. The van der Waals surface area contributed by atoms with E-state index in [2.05, 4.69) is 6.07 Å². The van der Waals surface area contributed by atoms with E-state index in [9.17, 15) is 9.59 Å². The molecule has 1 aliphatic heterocycles. The standard InChI is InChI=1S/C25H21N3O2/c1-16-12-13-21-18(14-16)19(25(30)27(21)2)15-23-26-20-10-6-7-11-22(20)28(23)24(29)17-8-4-3-5-9-17/h3-14,19H,15H2,1-2H3. The Labute approximate surface area is 174 Å². The Hall–Kier alpha value is -3.73. The summed E-state index contributed by atoms with van der Waals surface area (Å²) in [6.07, 6.45) is 0.368. The highest BCUT2D eigenvalue weighted by atomic mass is 16.2. The number of nitrogens with zero attached hydrogens (tertiary/aromatic N) is 3. The van der Waals surface area contributed by atoms with Crippen molar-refractivity contribution in [2.24, 2.45) is 0 Å². The van der Waals surface area contributed by atoms with E-state index >= 15 is 0 Å². The Morgan fingerprint density at radius 2 is 1.73 bits per heavy atom. The molecule has 5 nitrogen and oxygen atoms in total. The molecule has 0 spiro atoms. The molecular weight excluding hydrogens is 374 g/mol. The minimum absolute atomic E-state index is 0.0290. The molecular formula is C25H21N3O2. The summed E-state index contributed by atoms with van der Waals surface area (Å²) in [4.78, 5) is 32.9. The van der Waals surface area contributed by atoms with Crippen molar-refractivity contribution in [1.82, 2.24) is 9.55 Å². The topological polar surface area (TPSA) is 55.2 Å². The second-order valence-electron chi connectivity index (χ2n) is 7.74. The average molecular weight is 395 g/mol. The van der Waals surface area contributed by atoms with Gasteiger partial charge in [-0.15, -0.1) is 0 Å². The molecule has 0 N–H and O–H groups in total. The summed E-state index contributed by atoms with van der Waals surface area (Å²) in [5, 5.41) is 0. The van der Waals surface area contributed by atoms with Gasteiger partial charge in [-0.3, -0.25) is 14.2 Å². The highest BCUT2D eigenvalue weighted by Crippen LogP contribution is 2.39. The van der Waals surface area contributed by atoms with Crippen LogP contribution in [0.5, 0.6) is 0 Å². The third kappa shape index (κ3) is 2.82. The lowest BCUT2D eigenvalue weighted by atomic mass is 9.95. The molecule has 1 aromatic heterocycles. The van der Waals surface area contributed by atoms with Gasteiger partial charge in [-0.2, -0.15) is 0 Å². The fraction of sp³-hybridized carbons (Fsp3) is 0.160. The molecule has 5 heteroatoms. The van der Waals surface area contributed by atoms with Crippen LogP contribution < -0.4 is 4.90 Å². The highest BCUT2D eigenvalue weighted by molar-refractivity contribution is 6.05. The molecule has 2 heterocycles. The first-order valence-corrected chi connectivity index (χ1v) is 9.99. The number of carbonyl (C=O) groups is 2. The second-order valence-corrected chi connectivity index (χ2v) is 7.74. The van der Waals surface area contributed by atoms with Crippen molar-refractivity contribution < 1.29 is 9.59 Å². The monoisotopic (exact) mass is 395 g/mol. The molecule has 0 fully saturated rings. The molecule has 0 aliphatic carbocycles. The van der Waals surface area contributed by atoms with Crippen molar-refractivity contribution in [2.75, 3.05) is 11.9 Å². The number of anilines is 1. The first-order chi connectivity index (χ1) is 14.5. The number of hydrogen-bond donors (Lipinski definition) is 0. The Kier molecular flexibility index (Phi) is 4.24. The van der Waals surface area contributed by atoms with Gasteiger partial charge in [0.05, 0.1) is 17.0 Å². The smallest absolute Gasteiger partial charge is 0.263 e. The molecule has 0 saturated carbocycles. The quantitative estimate of drug-likeness (QED) is 0.519. The van der Waals surface area contributed by atoms with E-state index in [0.29, 0.717) is 17.8 Å². The minimum Gasteiger partial charge on any atom is -0.315 e. The predicted molar refractivity (Wildman–Crippen MR) is 117 cm³/mol. The number of amides is 1. The molecule has 148 valence electrons. The summed E-state index contributed by atoms with van der Waals surface area (Å²) < 4.78 is 1.66. The molecule has 0 bridgehead atoms. The van der Waals surface area contributed by atoms with Crippen LogP contribution >= 0.6 is 0 Å². The first-order valence-electron chi connectivity index (χ1n) is 9.99. The number of rotatable bonds is 3. The predicted octanol–water partition coefficient (Wildman–Crippen LogP) is 4.34. The molecule has 0 saturated heterocycles. The van der Waals surface area contributed by atoms with E-state index in [0.717, 1.165) is 27.8 Å². The molecule has 0 radical (unpaired) electrons. The molecule has 4 aromatic rings. The van der Waals surface area contributed by atoms with Gasteiger partial charge in [0, 0.05) is 24.7 Å². The summed E-state index contributed by atoms with van der Waals surface area (Å²) in [5.41, 5.74) is 5.12. The molecule has 30 heavy (non-hydrogen) atoms. The summed E-state index contributed by atoms with van der Waals surface area (Å²) in [6, 6.07) is 22.8. The van der Waals surface area contributed by atoms with Crippen LogP contribution in [0.25, 0.3) is 11.0 Å². The summed E-state index contributed by atoms with van der Waals surface area (Å²) >= 11 is 0. The fourth-order valence-electron chi connectivity index (χ4n) is 4.27. The fourth-order valence-corrected chi connectivity index (χ4v) is 4.27. The van der Waals surface area contributed by atoms with Gasteiger partial charge in [0.25, 0.3) is 5.91 Å². The maximum absolute atomic E-state index is 13.4. The Morgan fingerprint density at radius 1 is 1.00 bits per heavy atom. The molecule has 5 rings (SSSR count). The Balaban J connectivity index is 1.63. The number of benzene rings is 3. The lowest BCUT2D eigenvalue weighted by Gasteiger charge is -2.13. The largest absolute Gasteiger partial charge is 0.315 e. The number of aromatic nitrogens is 2. The summed E-state index contributed by atoms with van der Waals surface area (Å²) in [7, 11) is 1.80. The number of fused-ring (bicyclic) bond motifs is 2. The third-order valence-corrected chi connectivity index (χ3v) is 5.79. The average Bonchev–Trinajstić information content (AvgIpc) is 3.24. The van der Waals surface area contributed by atoms with Gasteiger partial charge < -0.3 is 4.90 Å². The lowest BCUT2D eigenvalue weighted by Crippen LogP contribution is -2.26. The van der Waals surface area contributed by atoms with Gasteiger partial charge in [-0.25, -0.2) is 4.98 Å². The minimum atomic E-state index is -0.357. The van der Waals surface area contributed by atoms with Crippen LogP contribution in [0.3, 0.4) is 0 Å². The van der Waals surface area contributed by atoms with Crippen molar-refractivity contribution in [3.63, 3.8) is 0 Å². The molecule has 1 atom stereocenters. The van der Waals surface area contributed by atoms with Crippen molar-refractivity contribution in [1.29, 1.82) is 0 Å². The number of likely N-dealkylation sites (N-methyl/N-ethyl adjacent to an activating group) is 1. The van der Waals surface area contributed by atoms with Crippen LogP contribution in [0.2, 0.25) is 0 Å². The van der Waals surface area contributed by atoms with Crippen molar-refractivity contribution >= 4 is 28.5 Å². The zero-order chi connectivity index (χ0) is 20.8. The molecule has 1 aliphatic rings. The van der Waals surface area contributed by atoms with E-state index in [1.54, 1.807) is 28.6 Å².